The summed E-state index contributed by atoms with van der Waals surface area (Å²) < 4.78 is 6.87. The molecule has 2 nitrogen and oxygen atoms in total. The van der Waals surface area contributed by atoms with Gasteiger partial charge in [0.2, 0.25) is 0 Å². The Kier molecular flexibility index (Phi) is 5.91. The number of nitrogens with one attached hydrogen (secondary N) is 1. The lowest BCUT2D eigenvalue weighted by molar-refractivity contribution is 0.243. The van der Waals surface area contributed by atoms with Crippen LogP contribution in [0.5, 0.6) is 5.75 Å². The summed E-state index contributed by atoms with van der Waals surface area (Å²) in [6.45, 7) is 7.70. The van der Waals surface area contributed by atoms with Crippen LogP contribution >= 0.6 is 15.9 Å². The second-order valence-corrected chi connectivity index (χ2v) is 7.18. The Bertz CT molecular complexity index is 433. The highest BCUT2D eigenvalue weighted by molar-refractivity contribution is 9.10. The number of rotatable bonds is 6. The lowest BCUT2D eigenvalue weighted by atomic mass is 9.98. The van der Waals surface area contributed by atoms with E-state index in [1.165, 1.54) is 24.8 Å². The molecule has 0 spiro atoms. The molecule has 0 aliphatic carbocycles. The SMILES string of the molecule is CC(C)CCCC(C)NC1CCOc2ccc(Br)cc21. The minimum absolute atomic E-state index is 0.422. The standard InChI is InChI=1S/C17H26BrNO/c1-12(2)5-4-6-13(3)19-16-9-10-20-17-8-7-14(18)11-15(16)17/h7-8,11-13,16,19H,4-6,9-10H2,1-3H3. The molecule has 0 radical (unpaired) electrons. The van der Waals surface area contributed by atoms with Gasteiger partial charge in [-0.3, -0.25) is 0 Å². The van der Waals surface area contributed by atoms with Crippen LogP contribution in [-0.2, 0) is 0 Å². The fourth-order valence-electron chi connectivity index (χ4n) is 2.80. The number of ether oxygens (including phenoxy) is 1. The number of benzene rings is 1. The Morgan fingerprint density at radius 2 is 2.10 bits per heavy atom. The van der Waals surface area contributed by atoms with Crippen molar-refractivity contribution in [2.75, 3.05) is 6.61 Å². The maximum atomic E-state index is 5.74. The first-order chi connectivity index (χ1) is 9.56. The Labute approximate surface area is 131 Å². The molecule has 0 fully saturated rings. The van der Waals surface area contributed by atoms with Crippen molar-refractivity contribution in [2.24, 2.45) is 5.92 Å². The van der Waals surface area contributed by atoms with Gasteiger partial charge < -0.3 is 10.1 Å². The number of hydrogen-bond donors (Lipinski definition) is 1. The number of fused-ring (bicyclic) bond motifs is 1. The van der Waals surface area contributed by atoms with E-state index in [-0.39, 0.29) is 0 Å². The van der Waals surface area contributed by atoms with Gasteiger partial charge in [0.15, 0.2) is 0 Å². The Hall–Kier alpha value is -0.540. The highest BCUT2D eigenvalue weighted by atomic mass is 79.9. The third-order valence-electron chi connectivity index (χ3n) is 3.92. The molecular formula is C17H26BrNO. The molecule has 0 aromatic heterocycles. The van der Waals surface area contributed by atoms with Gasteiger partial charge in [0.1, 0.15) is 5.75 Å². The number of hydrogen-bond acceptors (Lipinski definition) is 2. The molecule has 0 saturated heterocycles. The maximum absolute atomic E-state index is 5.74. The van der Waals surface area contributed by atoms with Gasteiger partial charge in [0.25, 0.3) is 0 Å². The van der Waals surface area contributed by atoms with Crippen molar-refractivity contribution in [1.29, 1.82) is 0 Å². The van der Waals surface area contributed by atoms with Gasteiger partial charge in [-0.2, -0.15) is 0 Å². The fourth-order valence-corrected chi connectivity index (χ4v) is 3.18. The largest absolute Gasteiger partial charge is 0.493 e. The lowest BCUT2D eigenvalue weighted by Gasteiger charge is -2.29. The van der Waals surface area contributed by atoms with E-state index in [1.54, 1.807) is 0 Å². The van der Waals surface area contributed by atoms with Gasteiger partial charge in [-0.15, -0.1) is 0 Å². The quantitative estimate of drug-likeness (QED) is 0.780. The predicted octanol–water partition coefficient (Wildman–Crippen LogP) is 5.08. The van der Waals surface area contributed by atoms with Gasteiger partial charge in [-0.25, -0.2) is 0 Å². The van der Waals surface area contributed by atoms with Crippen LogP contribution in [0.4, 0.5) is 0 Å². The summed E-state index contributed by atoms with van der Waals surface area (Å²) in [7, 11) is 0. The van der Waals surface area contributed by atoms with Crippen LogP contribution < -0.4 is 10.1 Å². The molecule has 3 heteroatoms. The summed E-state index contributed by atoms with van der Waals surface area (Å²) in [5.74, 6) is 1.84. The number of halogens is 1. The van der Waals surface area contributed by atoms with Crippen molar-refractivity contribution in [2.45, 2.75) is 58.5 Å². The zero-order chi connectivity index (χ0) is 14.5. The van der Waals surface area contributed by atoms with E-state index in [0.29, 0.717) is 12.1 Å². The second-order valence-electron chi connectivity index (χ2n) is 6.26. The smallest absolute Gasteiger partial charge is 0.124 e. The topological polar surface area (TPSA) is 21.3 Å². The summed E-state index contributed by atoms with van der Waals surface area (Å²) in [6, 6.07) is 7.28. The van der Waals surface area contributed by atoms with Crippen molar-refractivity contribution < 1.29 is 4.74 Å². The summed E-state index contributed by atoms with van der Waals surface area (Å²) in [5.41, 5.74) is 1.29. The third kappa shape index (κ3) is 4.49. The van der Waals surface area contributed by atoms with Crippen molar-refractivity contribution in [3.63, 3.8) is 0 Å². The molecular weight excluding hydrogens is 314 g/mol. The molecule has 1 aliphatic rings. The summed E-state index contributed by atoms with van der Waals surface area (Å²) >= 11 is 3.56. The molecule has 1 aromatic rings. The third-order valence-corrected chi connectivity index (χ3v) is 4.41. The van der Waals surface area contributed by atoms with Crippen LogP contribution in [0.3, 0.4) is 0 Å². The van der Waals surface area contributed by atoms with Crippen molar-refractivity contribution in [3.05, 3.63) is 28.2 Å². The van der Waals surface area contributed by atoms with Gasteiger partial charge in [0.05, 0.1) is 6.61 Å². The monoisotopic (exact) mass is 339 g/mol. The van der Waals surface area contributed by atoms with Crippen molar-refractivity contribution in [1.82, 2.24) is 5.32 Å². The fraction of sp³-hybridized carbons (Fsp3) is 0.647. The van der Waals surface area contributed by atoms with Gasteiger partial charge >= 0.3 is 0 Å². The Morgan fingerprint density at radius 1 is 1.30 bits per heavy atom. The minimum Gasteiger partial charge on any atom is -0.493 e. The normalized spacial score (nSPS) is 19.6. The molecule has 1 N–H and O–H groups in total. The van der Waals surface area contributed by atoms with E-state index >= 15 is 0 Å². The first-order valence-electron chi connectivity index (χ1n) is 7.74. The van der Waals surface area contributed by atoms with Crippen molar-refractivity contribution >= 4 is 15.9 Å². The van der Waals surface area contributed by atoms with E-state index in [2.05, 4.69) is 54.2 Å². The molecule has 1 aromatic carbocycles. The van der Waals surface area contributed by atoms with E-state index < -0.39 is 0 Å². The first-order valence-corrected chi connectivity index (χ1v) is 8.54. The molecule has 0 bridgehead atoms. The van der Waals surface area contributed by atoms with Gasteiger partial charge in [0, 0.05) is 28.5 Å². The molecule has 20 heavy (non-hydrogen) atoms. The maximum Gasteiger partial charge on any atom is 0.124 e. The molecule has 2 unspecified atom stereocenters. The van der Waals surface area contributed by atoms with E-state index in [1.807, 2.05) is 6.07 Å². The Morgan fingerprint density at radius 3 is 2.85 bits per heavy atom. The lowest BCUT2D eigenvalue weighted by Crippen LogP contribution is -2.33. The van der Waals surface area contributed by atoms with Crippen LogP contribution in [0.25, 0.3) is 0 Å². The van der Waals surface area contributed by atoms with Crippen LogP contribution in [0.15, 0.2) is 22.7 Å². The van der Waals surface area contributed by atoms with Gasteiger partial charge in [-0.1, -0.05) is 42.6 Å². The average molecular weight is 340 g/mol. The van der Waals surface area contributed by atoms with Crippen molar-refractivity contribution in [3.8, 4) is 5.75 Å². The van der Waals surface area contributed by atoms with Crippen LogP contribution in [0.1, 0.15) is 58.1 Å². The molecule has 1 aliphatic heterocycles. The minimum atomic E-state index is 0.422. The van der Waals surface area contributed by atoms with E-state index in [9.17, 15) is 0 Å². The summed E-state index contributed by atoms with van der Waals surface area (Å²) in [6.07, 6.45) is 4.93. The van der Waals surface area contributed by atoms with Crippen LogP contribution in [-0.4, -0.2) is 12.6 Å². The van der Waals surface area contributed by atoms with E-state index in [0.717, 1.165) is 29.2 Å². The average Bonchev–Trinajstić information content (AvgIpc) is 2.39. The predicted molar refractivity (Wildman–Crippen MR) is 88.3 cm³/mol. The highest BCUT2D eigenvalue weighted by Gasteiger charge is 2.22. The zero-order valence-electron chi connectivity index (χ0n) is 12.8. The first kappa shape index (κ1) is 15.8. The van der Waals surface area contributed by atoms with Crippen LogP contribution in [0, 0.1) is 5.92 Å². The molecule has 0 saturated carbocycles. The second kappa shape index (κ2) is 7.46. The summed E-state index contributed by atoms with van der Waals surface area (Å²) in [4.78, 5) is 0. The Balaban J connectivity index is 1.92. The van der Waals surface area contributed by atoms with E-state index in [4.69, 9.17) is 4.74 Å². The zero-order valence-corrected chi connectivity index (χ0v) is 14.4. The van der Waals surface area contributed by atoms with Gasteiger partial charge in [-0.05, 0) is 37.5 Å². The van der Waals surface area contributed by atoms with Crippen LogP contribution in [0.2, 0.25) is 0 Å². The molecule has 2 atom stereocenters. The molecule has 0 amide bonds. The molecule has 112 valence electrons. The molecule has 1 heterocycles. The molecule has 2 rings (SSSR count). The summed E-state index contributed by atoms with van der Waals surface area (Å²) in [5, 5.41) is 3.78. The highest BCUT2D eigenvalue weighted by Crippen LogP contribution is 2.34.